The Morgan fingerprint density at radius 2 is 1.87 bits per heavy atom. The van der Waals surface area contributed by atoms with Crippen LogP contribution in [-0.4, -0.2) is 60.2 Å². The highest BCUT2D eigenvalue weighted by molar-refractivity contribution is 6.00. The quantitative estimate of drug-likeness (QED) is 0.797. The molecule has 1 aromatic carbocycles. The fourth-order valence-electron chi connectivity index (χ4n) is 3.44. The van der Waals surface area contributed by atoms with Gasteiger partial charge in [-0.25, -0.2) is 14.0 Å². The summed E-state index contributed by atoms with van der Waals surface area (Å²) in [5.74, 6) is -0.376. The van der Waals surface area contributed by atoms with Gasteiger partial charge >= 0.3 is 12.1 Å². The summed E-state index contributed by atoms with van der Waals surface area (Å²) in [6.45, 7) is 6.10. The molecule has 1 fully saturated rings. The third-order valence-electron chi connectivity index (χ3n) is 5.18. The number of carbonyl (C=O) groups excluding carboxylic acids is 2. The number of methoxy groups -OCH3 is 1. The van der Waals surface area contributed by atoms with Crippen molar-refractivity contribution in [3.05, 3.63) is 53.6 Å². The van der Waals surface area contributed by atoms with Gasteiger partial charge in [-0.3, -0.25) is 9.88 Å². The lowest BCUT2D eigenvalue weighted by molar-refractivity contribution is 0.0778. The molecule has 1 aliphatic rings. The lowest BCUT2D eigenvalue weighted by Gasteiger charge is -2.38. The fourth-order valence-corrected chi connectivity index (χ4v) is 3.44. The minimum Gasteiger partial charge on any atom is -0.453 e. The molecule has 2 aromatic rings. The molecule has 2 heterocycles. The standard InChI is InChI=1S/C21H26FN5O3/c1-14-4-6-17(13-23-14)24-20(28)25-19-7-5-16(22)12-18(19)15(2)26-8-10-27(11-9-26)21(29)30-3/h4-7,12-13,15H,8-11H2,1-3H3,(H2,24,25,28)/t15-/m0/s1. The Labute approximate surface area is 175 Å². The molecule has 30 heavy (non-hydrogen) atoms. The van der Waals surface area contributed by atoms with E-state index in [2.05, 4.69) is 20.5 Å². The van der Waals surface area contributed by atoms with E-state index in [9.17, 15) is 14.0 Å². The summed E-state index contributed by atoms with van der Waals surface area (Å²) in [4.78, 5) is 32.0. The van der Waals surface area contributed by atoms with Crippen LogP contribution in [0.25, 0.3) is 0 Å². The second-order valence-corrected chi connectivity index (χ2v) is 7.17. The molecule has 0 radical (unpaired) electrons. The molecule has 0 saturated carbocycles. The van der Waals surface area contributed by atoms with Crippen LogP contribution >= 0.6 is 0 Å². The number of benzene rings is 1. The van der Waals surface area contributed by atoms with E-state index in [0.717, 1.165) is 5.69 Å². The maximum absolute atomic E-state index is 14.0. The van der Waals surface area contributed by atoms with Gasteiger partial charge in [-0.05, 0) is 49.7 Å². The van der Waals surface area contributed by atoms with Crippen molar-refractivity contribution in [3.63, 3.8) is 0 Å². The number of hydrogen-bond acceptors (Lipinski definition) is 5. The number of piperazine rings is 1. The van der Waals surface area contributed by atoms with E-state index >= 15 is 0 Å². The van der Waals surface area contributed by atoms with Crippen LogP contribution in [-0.2, 0) is 4.74 Å². The largest absolute Gasteiger partial charge is 0.453 e. The number of anilines is 2. The number of carbonyl (C=O) groups is 2. The molecule has 1 aromatic heterocycles. The van der Waals surface area contributed by atoms with Gasteiger partial charge in [0.1, 0.15) is 5.82 Å². The molecular weight excluding hydrogens is 389 g/mol. The zero-order valence-electron chi connectivity index (χ0n) is 17.3. The second kappa shape index (κ2) is 9.53. The summed E-state index contributed by atoms with van der Waals surface area (Å²) in [6, 6.07) is 7.27. The van der Waals surface area contributed by atoms with Crippen LogP contribution in [0.5, 0.6) is 0 Å². The number of rotatable bonds is 4. The molecule has 0 unspecified atom stereocenters. The van der Waals surface area contributed by atoms with Crippen molar-refractivity contribution in [3.8, 4) is 0 Å². The summed E-state index contributed by atoms with van der Waals surface area (Å²) in [5, 5.41) is 5.53. The van der Waals surface area contributed by atoms with Gasteiger partial charge in [0, 0.05) is 43.6 Å². The van der Waals surface area contributed by atoms with E-state index < -0.39 is 6.03 Å². The van der Waals surface area contributed by atoms with E-state index in [0.29, 0.717) is 43.1 Å². The van der Waals surface area contributed by atoms with Crippen molar-refractivity contribution in [2.24, 2.45) is 0 Å². The summed E-state index contributed by atoms with van der Waals surface area (Å²) in [5.41, 5.74) is 2.60. The average molecular weight is 415 g/mol. The first kappa shape index (κ1) is 21.5. The lowest BCUT2D eigenvalue weighted by Crippen LogP contribution is -2.49. The van der Waals surface area contributed by atoms with Crippen molar-refractivity contribution < 1.29 is 18.7 Å². The van der Waals surface area contributed by atoms with Gasteiger partial charge < -0.3 is 20.3 Å². The number of aromatic nitrogens is 1. The van der Waals surface area contributed by atoms with Crippen molar-refractivity contribution in [2.45, 2.75) is 19.9 Å². The van der Waals surface area contributed by atoms with Gasteiger partial charge in [0.2, 0.25) is 0 Å². The molecule has 0 aliphatic carbocycles. The van der Waals surface area contributed by atoms with Crippen LogP contribution in [0.4, 0.5) is 25.4 Å². The number of nitrogens with zero attached hydrogens (tertiary/aromatic N) is 3. The smallest absolute Gasteiger partial charge is 0.409 e. The molecular formula is C21H26FN5O3. The van der Waals surface area contributed by atoms with Gasteiger partial charge in [-0.15, -0.1) is 0 Å². The first-order chi connectivity index (χ1) is 14.4. The molecule has 0 spiro atoms. The van der Waals surface area contributed by atoms with Crippen molar-refractivity contribution in [1.82, 2.24) is 14.8 Å². The maximum Gasteiger partial charge on any atom is 0.409 e. The molecule has 1 aliphatic heterocycles. The number of pyridine rings is 1. The molecule has 0 bridgehead atoms. The highest BCUT2D eigenvalue weighted by Gasteiger charge is 2.26. The van der Waals surface area contributed by atoms with Crippen LogP contribution in [0.15, 0.2) is 36.5 Å². The lowest BCUT2D eigenvalue weighted by atomic mass is 10.0. The van der Waals surface area contributed by atoms with Crippen LogP contribution in [0.1, 0.15) is 24.2 Å². The molecule has 8 nitrogen and oxygen atoms in total. The summed E-state index contributed by atoms with van der Waals surface area (Å²) in [7, 11) is 1.36. The topological polar surface area (TPSA) is 86.8 Å². The number of amides is 3. The van der Waals surface area contributed by atoms with E-state index in [4.69, 9.17) is 4.74 Å². The number of ether oxygens (including phenoxy) is 1. The Balaban J connectivity index is 1.69. The first-order valence-corrected chi connectivity index (χ1v) is 9.74. The third kappa shape index (κ3) is 5.24. The molecule has 1 saturated heterocycles. The van der Waals surface area contributed by atoms with Crippen LogP contribution in [0.2, 0.25) is 0 Å². The Kier molecular flexibility index (Phi) is 6.83. The molecule has 1 atom stereocenters. The van der Waals surface area contributed by atoms with E-state index in [1.54, 1.807) is 29.3 Å². The van der Waals surface area contributed by atoms with E-state index in [-0.39, 0.29) is 18.0 Å². The molecule has 160 valence electrons. The second-order valence-electron chi connectivity index (χ2n) is 7.17. The number of aryl methyl sites for hydroxylation is 1. The SMILES string of the molecule is COC(=O)N1CCN([C@@H](C)c2cc(F)ccc2NC(=O)Nc2ccc(C)nc2)CC1. The van der Waals surface area contributed by atoms with Crippen molar-refractivity contribution in [2.75, 3.05) is 43.9 Å². The summed E-state index contributed by atoms with van der Waals surface area (Å²) >= 11 is 0. The van der Waals surface area contributed by atoms with Crippen LogP contribution < -0.4 is 10.6 Å². The molecule has 2 N–H and O–H groups in total. The van der Waals surface area contributed by atoms with Gasteiger partial charge in [0.05, 0.1) is 19.0 Å². The highest BCUT2D eigenvalue weighted by Crippen LogP contribution is 2.29. The van der Waals surface area contributed by atoms with Crippen molar-refractivity contribution in [1.29, 1.82) is 0 Å². The predicted molar refractivity (Wildman–Crippen MR) is 112 cm³/mol. The Hall–Kier alpha value is -3.20. The van der Waals surface area contributed by atoms with E-state index in [1.165, 1.54) is 19.2 Å². The van der Waals surface area contributed by atoms with Crippen molar-refractivity contribution >= 4 is 23.5 Å². The number of halogens is 1. The fraction of sp³-hybridized carbons (Fsp3) is 0.381. The predicted octanol–water partition coefficient (Wildman–Crippen LogP) is 3.62. The minimum absolute atomic E-state index is 0.156. The summed E-state index contributed by atoms with van der Waals surface area (Å²) in [6.07, 6.45) is 1.22. The van der Waals surface area contributed by atoms with E-state index in [1.807, 2.05) is 13.8 Å². The number of hydrogen-bond donors (Lipinski definition) is 2. The van der Waals surface area contributed by atoms with Gasteiger partial charge in [0.15, 0.2) is 0 Å². The van der Waals surface area contributed by atoms with Gasteiger partial charge in [-0.1, -0.05) is 0 Å². The Morgan fingerprint density at radius 3 is 2.50 bits per heavy atom. The molecule has 9 heteroatoms. The average Bonchev–Trinajstić information content (AvgIpc) is 2.75. The molecule has 3 rings (SSSR count). The normalized spacial score (nSPS) is 15.4. The maximum atomic E-state index is 14.0. The summed E-state index contributed by atoms with van der Waals surface area (Å²) < 4.78 is 18.7. The molecule has 3 amide bonds. The van der Waals surface area contributed by atoms with Crippen LogP contribution in [0.3, 0.4) is 0 Å². The van der Waals surface area contributed by atoms with Crippen LogP contribution in [0, 0.1) is 12.7 Å². The van der Waals surface area contributed by atoms with Gasteiger partial charge in [-0.2, -0.15) is 0 Å². The Bertz CT molecular complexity index is 898. The number of nitrogens with one attached hydrogen (secondary N) is 2. The minimum atomic E-state index is -0.434. The third-order valence-corrected chi connectivity index (χ3v) is 5.18. The monoisotopic (exact) mass is 415 g/mol. The van der Waals surface area contributed by atoms with Gasteiger partial charge in [0.25, 0.3) is 0 Å². The number of urea groups is 1. The Morgan fingerprint density at radius 1 is 1.13 bits per heavy atom. The zero-order valence-corrected chi connectivity index (χ0v) is 17.3. The highest BCUT2D eigenvalue weighted by atomic mass is 19.1. The zero-order chi connectivity index (χ0) is 21.7. The first-order valence-electron chi connectivity index (χ1n) is 9.74.